The summed E-state index contributed by atoms with van der Waals surface area (Å²) in [6.45, 7) is 9.61. The molecule has 0 aromatic heterocycles. The lowest BCUT2D eigenvalue weighted by atomic mass is 9.79. The summed E-state index contributed by atoms with van der Waals surface area (Å²) in [5, 5.41) is 20.1. The third-order valence-corrected chi connectivity index (χ3v) is 5.33. The molecule has 1 aliphatic heterocycles. The molecule has 118 valence electrons. The van der Waals surface area contributed by atoms with Crippen LogP contribution in [0.15, 0.2) is 0 Å². The van der Waals surface area contributed by atoms with Gasteiger partial charge in [-0.3, -0.25) is 9.80 Å². The lowest BCUT2D eigenvalue weighted by Crippen LogP contribution is -2.55. The number of hydrogen-bond donors (Lipinski definition) is 2. The summed E-state index contributed by atoms with van der Waals surface area (Å²) >= 11 is 0. The molecule has 1 heterocycles. The zero-order valence-electron chi connectivity index (χ0n) is 13.2. The van der Waals surface area contributed by atoms with E-state index in [9.17, 15) is 10.2 Å². The molecule has 0 amide bonds. The van der Waals surface area contributed by atoms with Gasteiger partial charge in [-0.25, -0.2) is 0 Å². The summed E-state index contributed by atoms with van der Waals surface area (Å²) in [6, 6.07) is 0.316. The molecule has 1 atom stereocenters. The molecule has 4 heteroatoms. The molecule has 1 saturated carbocycles. The standard InChI is InChI=1S/C16H32N2O2/c1-3-15(12-19)18-10-8-17(9-11-18)13-16(20)6-4-14(2)5-7-16/h14-15,19-20H,3-13H2,1-2H3. The Morgan fingerprint density at radius 3 is 2.25 bits per heavy atom. The Balaban J connectivity index is 1.76. The average Bonchev–Trinajstić information content (AvgIpc) is 2.46. The van der Waals surface area contributed by atoms with Crippen molar-refractivity contribution in [2.45, 2.75) is 57.6 Å². The summed E-state index contributed by atoms with van der Waals surface area (Å²) in [4.78, 5) is 4.81. The summed E-state index contributed by atoms with van der Waals surface area (Å²) < 4.78 is 0. The molecule has 1 aliphatic carbocycles. The first-order valence-corrected chi connectivity index (χ1v) is 8.36. The zero-order valence-corrected chi connectivity index (χ0v) is 13.2. The lowest BCUT2D eigenvalue weighted by Gasteiger charge is -2.43. The van der Waals surface area contributed by atoms with Crippen LogP contribution in [0.5, 0.6) is 0 Å². The maximum absolute atomic E-state index is 10.7. The fourth-order valence-electron chi connectivity index (χ4n) is 3.66. The van der Waals surface area contributed by atoms with Crippen LogP contribution >= 0.6 is 0 Å². The van der Waals surface area contributed by atoms with E-state index in [4.69, 9.17) is 0 Å². The van der Waals surface area contributed by atoms with Crippen molar-refractivity contribution < 1.29 is 10.2 Å². The van der Waals surface area contributed by atoms with Crippen molar-refractivity contribution in [3.63, 3.8) is 0 Å². The van der Waals surface area contributed by atoms with Crippen molar-refractivity contribution in [2.75, 3.05) is 39.3 Å². The largest absolute Gasteiger partial charge is 0.395 e. The third-order valence-electron chi connectivity index (χ3n) is 5.33. The van der Waals surface area contributed by atoms with Crippen LogP contribution in [0, 0.1) is 5.92 Å². The SMILES string of the molecule is CCC(CO)N1CCN(CC2(O)CCC(C)CC2)CC1. The van der Waals surface area contributed by atoms with E-state index >= 15 is 0 Å². The van der Waals surface area contributed by atoms with Crippen LogP contribution in [0.3, 0.4) is 0 Å². The van der Waals surface area contributed by atoms with E-state index in [0.29, 0.717) is 6.04 Å². The number of aliphatic hydroxyl groups is 2. The van der Waals surface area contributed by atoms with Crippen LogP contribution < -0.4 is 0 Å². The Morgan fingerprint density at radius 2 is 1.75 bits per heavy atom. The number of rotatable bonds is 5. The Kier molecular flexibility index (Phi) is 5.84. The third kappa shape index (κ3) is 4.17. The molecule has 2 fully saturated rings. The average molecular weight is 284 g/mol. The van der Waals surface area contributed by atoms with Crippen molar-refractivity contribution >= 4 is 0 Å². The summed E-state index contributed by atoms with van der Waals surface area (Å²) in [7, 11) is 0. The van der Waals surface area contributed by atoms with Gasteiger partial charge in [0.05, 0.1) is 12.2 Å². The monoisotopic (exact) mass is 284 g/mol. The van der Waals surface area contributed by atoms with Gasteiger partial charge in [-0.05, 0) is 38.0 Å². The van der Waals surface area contributed by atoms with Crippen LogP contribution in [-0.4, -0.2) is 71.0 Å². The normalized spacial score (nSPS) is 35.1. The summed E-state index contributed by atoms with van der Waals surface area (Å²) in [5.74, 6) is 0.780. The van der Waals surface area contributed by atoms with Crippen LogP contribution in [-0.2, 0) is 0 Å². The predicted molar refractivity (Wildman–Crippen MR) is 81.8 cm³/mol. The highest BCUT2D eigenvalue weighted by Crippen LogP contribution is 2.32. The van der Waals surface area contributed by atoms with Crippen LogP contribution in [0.4, 0.5) is 0 Å². The van der Waals surface area contributed by atoms with Crippen molar-refractivity contribution in [3.05, 3.63) is 0 Å². The molecule has 2 rings (SSSR count). The van der Waals surface area contributed by atoms with Gasteiger partial charge in [-0.15, -0.1) is 0 Å². The number of piperazine rings is 1. The lowest BCUT2D eigenvalue weighted by molar-refractivity contribution is -0.0473. The second-order valence-electron chi connectivity index (χ2n) is 6.96. The summed E-state index contributed by atoms with van der Waals surface area (Å²) in [5.41, 5.74) is -0.449. The highest BCUT2D eigenvalue weighted by Gasteiger charge is 2.34. The van der Waals surface area contributed by atoms with Gasteiger partial charge >= 0.3 is 0 Å². The number of β-amino-alcohol motifs (C(OH)–C–C–N with tert-alkyl or cyclic N) is 1. The molecule has 0 spiro atoms. The van der Waals surface area contributed by atoms with Crippen LogP contribution in [0.1, 0.15) is 46.0 Å². The predicted octanol–water partition coefficient (Wildman–Crippen LogP) is 1.32. The Morgan fingerprint density at radius 1 is 1.15 bits per heavy atom. The van der Waals surface area contributed by atoms with E-state index in [2.05, 4.69) is 23.6 Å². The highest BCUT2D eigenvalue weighted by atomic mass is 16.3. The minimum absolute atomic E-state index is 0.262. The van der Waals surface area contributed by atoms with Gasteiger partial charge in [0.15, 0.2) is 0 Å². The molecule has 0 aromatic carbocycles. The fourth-order valence-corrected chi connectivity index (χ4v) is 3.66. The van der Waals surface area contributed by atoms with Crippen LogP contribution in [0.2, 0.25) is 0 Å². The van der Waals surface area contributed by atoms with E-state index in [1.165, 1.54) is 12.8 Å². The topological polar surface area (TPSA) is 46.9 Å². The Labute approximate surface area is 123 Å². The van der Waals surface area contributed by atoms with Crippen molar-refractivity contribution in [1.82, 2.24) is 9.80 Å². The molecule has 0 radical (unpaired) electrons. The maximum atomic E-state index is 10.7. The maximum Gasteiger partial charge on any atom is 0.0774 e. The first-order chi connectivity index (χ1) is 9.56. The molecule has 2 aliphatic rings. The zero-order chi connectivity index (χ0) is 14.6. The van der Waals surface area contributed by atoms with Crippen molar-refractivity contribution in [3.8, 4) is 0 Å². The van der Waals surface area contributed by atoms with Gasteiger partial charge < -0.3 is 10.2 Å². The first-order valence-electron chi connectivity index (χ1n) is 8.36. The van der Waals surface area contributed by atoms with Gasteiger partial charge in [0.1, 0.15) is 0 Å². The van der Waals surface area contributed by atoms with E-state index in [-0.39, 0.29) is 6.61 Å². The molecule has 1 unspecified atom stereocenters. The van der Waals surface area contributed by atoms with Crippen LogP contribution in [0.25, 0.3) is 0 Å². The quantitative estimate of drug-likeness (QED) is 0.799. The van der Waals surface area contributed by atoms with E-state index < -0.39 is 5.60 Å². The van der Waals surface area contributed by atoms with E-state index in [1.54, 1.807) is 0 Å². The van der Waals surface area contributed by atoms with Gasteiger partial charge in [0.2, 0.25) is 0 Å². The van der Waals surface area contributed by atoms with Crippen molar-refractivity contribution in [2.24, 2.45) is 5.92 Å². The molecule has 2 N–H and O–H groups in total. The molecular formula is C16H32N2O2. The number of hydrogen-bond acceptors (Lipinski definition) is 4. The van der Waals surface area contributed by atoms with Crippen molar-refractivity contribution in [1.29, 1.82) is 0 Å². The minimum Gasteiger partial charge on any atom is -0.395 e. The summed E-state index contributed by atoms with van der Waals surface area (Å²) in [6.07, 6.45) is 5.27. The molecule has 20 heavy (non-hydrogen) atoms. The fraction of sp³-hybridized carbons (Fsp3) is 1.00. The van der Waals surface area contributed by atoms with Gasteiger partial charge in [0.25, 0.3) is 0 Å². The molecule has 4 nitrogen and oxygen atoms in total. The van der Waals surface area contributed by atoms with E-state index in [1.807, 2.05) is 0 Å². The van der Waals surface area contributed by atoms with Gasteiger partial charge in [-0.1, -0.05) is 13.8 Å². The Bertz CT molecular complexity index is 278. The second-order valence-corrected chi connectivity index (χ2v) is 6.96. The number of aliphatic hydroxyl groups excluding tert-OH is 1. The molecule has 0 bridgehead atoms. The molecular weight excluding hydrogens is 252 g/mol. The molecule has 1 saturated heterocycles. The minimum atomic E-state index is -0.449. The van der Waals surface area contributed by atoms with Gasteiger partial charge in [0, 0.05) is 38.8 Å². The second kappa shape index (κ2) is 7.21. The first kappa shape index (κ1) is 16.2. The van der Waals surface area contributed by atoms with E-state index in [0.717, 1.165) is 57.9 Å². The molecule has 0 aromatic rings. The van der Waals surface area contributed by atoms with Gasteiger partial charge in [-0.2, -0.15) is 0 Å². The highest BCUT2D eigenvalue weighted by molar-refractivity contribution is 4.89. The number of nitrogens with zero attached hydrogens (tertiary/aromatic N) is 2. The Hall–Kier alpha value is -0.160. The smallest absolute Gasteiger partial charge is 0.0774 e.